The van der Waals surface area contributed by atoms with E-state index in [0.717, 1.165) is 24.3 Å². The van der Waals surface area contributed by atoms with E-state index in [-0.39, 0.29) is 0 Å². The number of aryl methyl sites for hydroxylation is 1. The molecule has 1 aromatic carbocycles. The molecule has 0 aliphatic carbocycles. The number of carbonyl (C=O) groups excluding carboxylic acids is 1. The van der Waals surface area contributed by atoms with Gasteiger partial charge in [-0.05, 0) is 37.1 Å². The average molecular weight is 222 g/mol. The predicted octanol–water partition coefficient (Wildman–Crippen LogP) is 3.60. The fraction of sp³-hybridized carbons (Fsp3) is 0.462. The molecule has 0 N–H and O–H groups in total. The van der Waals surface area contributed by atoms with E-state index in [1.54, 1.807) is 6.92 Å². The molecule has 0 atom stereocenters. The van der Waals surface area contributed by atoms with Gasteiger partial charge in [-0.3, -0.25) is 0 Å². The van der Waals surface area contributed by atoms with E-state index in [2.05, 4.69) is 31.2 Å². The van der Waals surface area contributed by atoms with Crippen LogP contribution >= 0.6 is 11.8 Å². The number of hydrogen-bond donors (Lipinski definition) is 0. The Hall–Kier alpha value is -0.760. The van der Waals surface area contributed by atoms with Crippen molar-refractivity contribution in [3.63, 3.8) is 0 Å². The molecular formula is C13H18OS. The van der Waals surface area contributed by atoms with Crippen LogP contribution in [-0.2, 0) is 10.5 Å². The zero-order chi connectivity index (χ0) is 11.1. The van der Waals surface area contributed by atoms with Gasteiger partial charge >= 0.3 is 0 Å². The van der Waals surface area contributed by atoms with Crippen LogP contribution in [0.2, 0.25) is 0 Å². The van der Waals surface area contributed by atoms with Crippen molar-refractivity contribution in [1.82, 2.24) is 0 Å². The van der Waals surface area contributed by atoms with Crippen molar-refractivity contribution >= 4 is 17.5 Å². The number of ketones is 1. The third-order valence-corrected chi connectivity index (χ3v) is 3.43. The van der Waals surface area contributed by atoms with Crippen LogP contribution in [0.15, 0.2) is 24.3 Å². The minimum absolute atomic E-state index is 0.298. The molecule has 0 heterocycles. The molecule has 0 fully saturated rings. The van der Waals surface area contributed by atoms with E-state index < -0.39 is 0 Å². The Balaban J connectivity index is 2.21. The maximum Gasteiger partial charge on any atom is 0.129 e. The molecule has 0 aromatic heterocycles. The van der Waals surface area contributed by atoms with E-state index in [0.29, 0.717) is 5.78 Å². The van der Waals surface area contributed by atoms with Gasteiger partial charge in [-0.25, -0.2) is 0 Å². The van der Waals surface area contributed by atoms with Gasteiger partial charge in [-0.15, -0.1) is 0 Å². The van der Waals surface area contributed by atoms with Gasteiger partial charge in [0.1, 0.15) is 5.78 Å². The smallest absolute Gasteiger partial charge is 0.129 e. The van der Waals surface area contributed by atoms with Crippen molar-refractivity contribution in [3.8, 4) is 0 Å². The number of benzene rings is 1. The number of Topliss-reactive ketones (excluding diaryl/α,β-unsaturated/α-hetero) is 1. The molecular weight excluding hydrogens is 204 g/mol. The normalized spacial score (nSPS) is 10.3. The van der Waals surface area contributed by atoms with Gasteiger partial charge in [0.25, 0.3) is 0 Å². The van der Waals surface area contributed by atoms with Gasteiger partial charge in [-0.2, -0.15) is 11.8 Å². The Morgan fingerprint density at radius 3 is 2.73 bits per heavy atom. The summed E-state index contributed by atoms with van der Waals surface area (Å²) in [5.41, 5.74) is 2.77. The van der Waals surface area contributed by atoms with E-state index in [1.807, 2.05) is 11.8 Å². The van der Waals surface area contributed by atoms with Crippen LogP contribution in [0.1, 0.15) is 30.9 Å². The number of thioether (sulfide) groups is 1. The van der Waals surface area contributed by atoms with Crippen LogP contribution in [0.3, 0.4) is 0 Å². The van der Waals surface area contributed by atoms with Gasteiger partial charge in [0.05, 0.1) is 0 Å². The molecule has 0 saturated carbocycles. The van der Waals surface area contributed by atoms with Crippen LogP contribution in [0.5, 0.6) is 0 Å². The quantitative estimate of drug-likeness (QED) is 0.684. The fourth-order valence-electron chi connectivity index (χ4n) is 1.38. The first-order valence-corrected chi connectivity index (χ1v) is 6.47. The third-order valence-electron chi connectivity index (χ3n) is 2.34. The van der Waals surface area contributed by atoms with E-state index in [9.17, 15) is 4.79 Å². The molecule has 1 rings (SSSR count). The van der Waals surface area contributed by atoms with E-state index >= 15 is 0 Å². The van der Waals surface area contributed by atoms with Crippen molar-refractivity contribution < 1.29 is 4.79 Å². The zero-order valence-corrected chi connectivity index (χ0v) is 10.3. The second kappa shape index (κ2) is 6.67. The predicted molar refractivity (Wildman–Crippen MR) is 67.3 cm³/mol. The lowest BCUT2D eigenvalue weighted by Crippen LogP contribution is -1.92. The molecule has 82 valence electrons. The number of hydrogen-bond acceptors (Lipinski definition) is 2. The SMILES string of the molecule is CC(=O)CCCSCc1ccccc1C. The molecule has 0 unspecified atom stereocenters. The van der Waals surface area contributed by atoms with Gasteiger partial charge in [0.15, 0.2) is 0 Å². The lowest BCUT2D eigenvalue weighted by atomic mass is 10.1. The van der Waals surface area contributed by atoms with Crippen LogP contribution in [0.25, 0.3) is 0 Å². The van der Waals surface area contributed by atoms with Crippen molar-refractivity contribution in [2.24, 2.45) is 0 Å². The van der Waals surface area contributed by atoms with Gasteiger partial charge in [0, 0.05) is 12.2 Å². The Morgan fingerprint density at radius 2 is 2.07 bits per heavy atom. The Kier molecular flexibility index (Phi) is 5.48. The monoisotopic (exact) mass is 222 g/mol. The average Bonchev–Trinajstić information content (AvgIpc) is 2.20. The molecule has 0 amide bonds. The molecule has 0 bridgehead atoms. The van der Waals surface area contributed by atoms with Crippen LogP contribution in [-0.4, -0.2) is 11.5 Å². The standard InChI is InChI=1S/C13H18OS/c1-11-6-3-4-8-13(11)10-15-9-5-7-12(2)14/h3-4,6,8H,5,7,9-10H2,1-2H3. The molecule has 15 heavy (non-hydrogen) atoms. The molecule has 1 nitrogen and oxygen atoms in total. The Labute approximate surface area is 96.3 Å². The summed E-state index contributed by atoms with van der Waals surface area (Å²) < 4.78 is 0. The minimum Gasteiger partial charge on any atom is -0.300 e. The van der Waals surface area contributed by atoms with Gasteiger partial charge < -0.3 is 4.79 Å². The first-order valence-electron chi connectivity index (χ1n) is 5.32. The summed E-state index contributed by atoms with van der Waals surface area (Å²) in [6.45, 7) is 3.80. The molecule has 2 heteroatoms. The van der Waals surface area contributed by atoms with Crippen LogP contribution in [0.4, 0.5) is 0 Å². The van der Waals surface area contributed by atoms with Crippen molar-refractivity contribution in [2.75, 3.05) is 5.75 Å². The highest BCUT2D eigenvalue weighted by molar-refractivity contribution is 7.98. The van der Waals surface area contributed by atoms with Crippen LogP contribution in [0, 0.1) is 6.92 Å². The maximum absolute atomic E-state index is 10.7. The minimum atomic E-state index is 0.298. The summed E-state index contributed by atoms with van der Waals surface area (Å²) in [5.74, 6) is 2.44. The first-order chi connectivity index (χ1) is 7.20. The zero-order valence-electron chi connectivity index (χ0n) is 9.45. The highest BCUT2D eigenvalue weighted by Crippen LogP contribution is 2.16. The highest BCUT2D eigenvalue weighted by atomic mass is 32.2. The molecule has 0 aliphatic rings. The van der Waals surface area contributed by atoms with Crippen LogP contribution < -0.4 is 0 Å². The van der Waals surface area contributed by atoms with Gasteiger partial charge in [-0.1, -0.05) is 24.3 Å². The summed E-state index contributed by atoms with van der Waals surface area (Å²) in [5, 5.41) is 0. The summed E-state index contributed by atoms with van der Waals surface area (Å²) in [6.07, 6.45) is 1.73. The van der Waals surface area contributed by atoms with E-state index in [1.165, 1.54) is 11.1 Å². The summed E-state index contributed by atoms with van der Waals surface area (Å²) in [6, 6.07) is 8.47. The summed E-state index contributed by atoms with van der Waals surface area (Å²) in [7, 11) is 0. The largest absolute Gasteiger partial charge is 0.300 e. The highest BCUT2D eigenvalue weighted by Gasteiger charge is 1.98. The Morgan fingerprint density at radius 1 is 1.33 bits per heavy atom. The van der Waals surface area contributed by atoms with Crippen molar-refractivity contribution in [3.05, 3.63) is 35.4 Å². The second-order valence-corrected chi connectivity index (χ2v) is 4.89. The molecule has 0 aliphatic heterocycles. The first kappa shape index (κ1) is 12.3. The topological polar surface area (TPSA) is 17.1 Å². The van der Waals surface area contributed by atoms with Gasteiger partial charge in [0.2, 0.25) is 0 Å². The maximum atomic E-state index is 10.7. The third kappa shape index (κ3) is 5.03. The summed E-state index contributed by atoms with van der Waals surface area (Å²) in [4.78, 5) is 10.7. The molecule has 0 spiro atoms. The van der Waals surface area contributed by atoms with Crippen molar-refractivity contribution in [2.45, 2.75) is 32.4 Å². The fourth-order valence-corrected chi connectivity index (χ4v) is 2.41. The lowest BCUT2D eigenvalue weighted by Gasteiger charge is -2.04. The molecule has 0 radical (unpaired) electrons. The van der Waals surface area contributed by atoms with E-state index in [4.69, 9.17) is 0 Å². The number of rotatable bonds is 6. The summed E-state index contributed by atoms with van der Waals surface area (Å²) >= 11 is 1.91. The van der Waals surface area contributed by atoms with Crippen molar-refractivity contribution in [1.29, 1.82) is 0 Å². The lowest BCUT2D eigenvalue weighted by molar-refractivity contribution is -0.117. The Bertz CT molecular complexity index is 320. The number of carbonyl (C=O) groups is 1. The second-order valence-electron chi connectivity index (χ2n) is 3.78. The molecule has 1 aromatic rings. The molecule has 0 saturated heterocycles.